The van der Waals surface area contributed by atoms with Gasteiger partial charge in [-0.3, -0.25) is 19.0 Å². The molecule has 1 amide bonds. The number of amides is 1. The van der Waals surface area contributed by atoms with E-state index in [-0.39, 0.29) is 0 Å². The number of Topliss-reactive ketones (excluding diaryl/α,β-unsaturated/α-hetero) is 1. The Morgan fingerprint density at radius 2 is 1.61 bits per heavy atom. The number of benzene rings is 2. The van der Waals surface area contributed by atoms with Crippen LogP contribution in [0.25, 0.3) is 0 Å². The zero-order valence-electron chi connectivity index (χ0n) is 15.0. The van der Waals surface area contributed by atoms with Crippen LogP contribution in [0.2, 0.25) is 0 Å². The van der Waals surface area contributed by atoms with Crippen LogP contribution >= 0.6 is 15.9 Å². The Balaban J connectivity index is 1.82. The minimum atomic E-state index is -1.26. The van der Waals surface area contributed by atoms with E-state index < -0.39 is 23.3 Å². The van der Waals surface area contributed by atoms with Gasteiger partial charge >= 0.3 is 0 Å². The highest BCUT2D eigenvalue weighted by molar-refractivity contribution is 9.10. The van der Waals surface area contributed by atoms with Crippen LogP contribution < -0.4 is 10.9 Å². The monoisotopic (exact) mass is 438 g/mol. The van der Waals surface area contributed by atoms with Crippen LogP contribution in [-0.4, -0.2) is 22.8 Å². The fraction of sp³-hybridized carbons (Fsp3) is 0.136. The van der Waals surface area contributed by atoms with Crippen molar-refractivity contribution in [3.63, 3.8) is 0 Å². The van der Waals surface area contributed by atoms with E-state index in [2.05, 4.69) is 21.2 Å². The van der Waals surface area contributed by atoms with E-state index in [9.17, 15) is 14.4 Å². The van der Waals surface area contributed by atoms with Gasteiger partial charge < -0.3 is 5.32 Å². The first-order valence-corrected chi connectivity index (χ1v) is 9.64. The highest BCUT2D eigenvalue weighted by Crippen LogP contribution is 2.17. The van der Waals surface area contributed by atoms with Crippen LogP contribution in [0.1, 0.15) is 22.0 Å². The summed E-state index contributed by atoms with van der Waals surface area (Å²) in [6.45, 7) is 0.370. The minimum Gasteiger partial charge on any atom is -0.354 e. The molecule has 0 aliphatic heterocycles. The van der Waals surface area contributed by atoms with E-state index in [1.807, 2.05) is 30.3 Å². The Kier molecular flexibility index (Phi) is 6.55. The van der Waals surface area contributed by atoms with Gasteiger partial charge in [-0.05, 0) is 30.2 Å². The van der Waals surface area contributed by atoms with Crippen LogP contribution in [0.15, 0.2) is 88.3 Å². The van der Waals surface area contributed by atoms with Crippen molar-refractivity contribution in [1.29, 1.82) is 0 Å². The molecule has 1 aromatic heterocycles. The van der Waals surface area contributed by atoms with Crippen molar-refractivity contribution in [3.05, 3.63) is 105 Å². The van der Waals surface area contributed by atoms with E-state index in [1.54, 1.807) is 36.4 Å². The second kappa shape index (κ2) is 9.28. The molecule has 6 heteroatoms. The van der Waals surface area contributed by atoms with E-state index in [0.717, 1.165) is 10.0 Å². The topological polar surface area (TPSA) is 68.2 Å². The second-order valence-electron chi connectivity index (χ2n) is 6.25. The smallest absolute Gasteiger partial charge is 0.251 e. The lowest BCUT2D eigenvalue weighted by Gasteiger charge is -2.18. The van der Waals surface area contributed by atoms with Gasteiger partial charge in [0.2, 0.25) is 0 Å². The van der Waals surface area contributed by atoms with Crippen molar-refractivity contribution < 1.29 is 9.59 Å². The molecular weight excluding hydrogens is 420 g/mol. The molecule has 0 radical (unpaired) electrons. The minimum absolute atomic E-state index is 0.363. The summed E-state index contributed by atoms with van der Waals surface area (Å²) in [6.07, 6.45) is 2.09. The maximum atomic E-state index is 13.0. The summed E-state index contributed by atoms with van der Waals surface area (Å²) in [6, 6.07) is 19.7. The van der Waals surface area contributed by atoms with Crippen molar-refractivity contribution >= 4 is 27.6 Å². The van der Waals surface area contributed by atoms with Gasteiger partial charge in [-0.15, -0.1) is 0 Å². The number of aromatic nitrogens is 1. The number of pyridine rings is 1. The third-order valence-corrected chi connectivity index (χ3v) is 4.84. The fourth-order valence-electron chi connectivity index (χ4n) is 2.87. The zero-order chi connectivity index (χ0) is 19.9. The lowest BCUT2D eigenvalue weighted by molar-refractivity contribution is -0.123. The summed E-state index contributed by atoms with van der Waals surface area (Å²) in [7, 11) is 0. The molecule has 1 heterocycles. The van der Waals surface area contributed by atoms with Gasteiger partial charge in [-0.25, -0.2) is 0 Å². The number of rotatable bonds is 7. The van der Waals surface area contributed by atoms with Gasteiger partial charge in [-0.1, -0.05) is 64.5 Å². The first-order chi connectivity index (χ1) is 13.6. The molecule has 0 fully saturated rings. The average molecular weight is 439 g/mol. The molecular formula is C22H19BrN2O3. The van der Waals surface area contributed by atoms with Crippen LogP contribution in [0, 0.1) is 0 Å². The summed E-state index contributed by atoms with van der Waals surface area (Å²) in [5.41, 5.74) is 1.04. The van der Waals surface area contributed by atoms with E-state index in [4.69, 9.17) is 0 Å². The van der Waals surface area contributed by atoms with Crippen LogP contribution in [0.4, 0.5) is 0 Å². The number of hydrogen-bond donors (Lipinski definition) is 1. The van der Waals surface area contributed by atoms with Crippen molar-refractivity contribution in [3.8, 4) is 0 Å². The number of hydrogen-bond acceptors (Lipinski definition) is 3. The molecule has 1 unspecified atom stereocenters. The van der Waals surface area contributed by atoms with Crippen molar-refractivity contribution in [2.24, 2.45) is 0 Å². The highest BCUT2D eigenvalue weighted by Gasteiger charge is 2.29. The summed E-state index contributed by atoms with van der Waals surface area (Å²) in [5, 5.41) is 2.79. The van der Waals surface area contributed by atoms with E-state index in [0.29, 0.717) is 18.5 Å². The summed E-state index contributed by atoms with van der Waals surface area (Å²) >= 11 is 3.33. The predicted octanol–water partition coefficient (Wildman–Crippen LogP) is 3.39. The predicted molar refractivity (Wildman–Crippen MR) is 111 cm³/mol. The molecule has 0 bridgehead atoms. The van der Waals surface area contributed by atoms with E-state index >= 15 is 0 Å². The summed E-state index contributed by atoms with van der Waals surface area (Å²) < 4.78 is 1.99. The average Bonchev–Trinajstić information content (AvgIpc) is 2.71. The van der Waals surface area contributed by atoms with Crippen molar-refractivity contribution in [2.75, 3.05) is 6.54 Å². The first kappa shape index (κ1) is 19.8. The number of carbonyl (C=O) groups excluding carboxylic acids is 2. The molecule has 0 saturated carbocycles. The lowest BCUT2D eigenvalue weighted by Crippen LogP contribution is -2.41. The molecule has 0 aliphatic carbocycles. The molecule has 2 aromatic carbocycles. The molecule has 28 heavy (non-hydrogen) atoms. The Labute approximate surface area is 171 Å². The molecule has 3 aromatic rings. The Morgan fingerprint density at radius 1 is 0.929 bits per heavy atom. The standard InChI is InChI=1S/C22H19BrN2O3/c23-18-11-9-17(10-12-18)21(27)20(25-15-5-4-8-19(25)26)22(28)24-14-13-16-6-2-1-3-7-16/h1-12,15,20H,13-14H2,(H,24,28). The molecule has 5 nitrogen and oxygen atoms in total. The lowest BCUT2D eigenvalue weighted by atomic mass is 10.0. The number of ketones is 1. The number of nitrogens with zero attached hydrogens (tertiary/aromatic N) is 1. The Morgan fingerprint density at radius 3 is 2.29 bits per heavy atom. The molecule has 3 rings (SSSR count). The SMILES string of the molecule is O=C(NCCc1ccccc1)C(C(=O)c1ccc(Br)cc1)n1ccccc1=O. The number of carbonyl (C=O) groups is 2. The van der Waals surface area contributed by atoms with Crippen LogP contribution in [0.3, 0.4) is 0 Å². The Hall–Kier alpha value is -2.99. The molecule has 142 valence electrons. The quantitative estimate of drug-likeness (QED) is 0.453. The largest absolute Gasteiger partial charge is 0.354 e. The summed E-state index contributed by atoms with van der Waals surface area (Å²) in [5.74, 6) is -0.935. The maximum absolute atomic E-state index is 13.0. The van der Waals surface area contributed by atoms with Gasteiger partial charge in [0, 0.05) is 28.8 Å². The van der Waals surface area contributed by atoms with E-state index in [1.165, 1.54) is 16.8 Å². The molecule has 1 N–H and O–H groups in total. The molecule has 1 atom stereocenters. The summed E-state index contributed by atoms with van der Waals surface area (Å²) in [4.78, 5) is 38.2. The number of nitrogens with one attached hydrogen (secondary N) is 1. The van der Waals surface area contributed by atoms with Gasteiger partial charge in [0.1, 0.15) is 0 Å². The first-order valence-electron chi connectivity index (χ1n) is 8.85. The number of halogens is 1. The third-order valence-electron chi connectivity index (χ3n) is 4.31. The van der Waals surface area contributed by atoms with Gasteiger partial charge in [-0.2, -0.15) is 0 Å². The fourth-order valence-corrected chi connectivity index (χ4v) is 3.13. The molecule has 0 spiro atoms. The van der Waals surface area contributed by atoms with Gasteiger partial charge in [0.05, 0.1) is 0 Å². The normalized spacial score (nSPS) is 11.6. The van der Waals surface area contributed by atoms with Crippen molar-refractivity contribution in [1.82, 2.24) is 9.88 Å². The zero-order valence-corrected chi connectivity index (χ0v) is 16.6. The highest BCUT2D eigenvalue weighted by atomic mass is 79.9. The van der Waals surface area contributed by atoms with Crippen LogP contribution in [0.5, 0.6) is 0 Å². The Bertz CT molecular complexity index is 1010. The molecule has 0 saturated heterocycles. The van der Waals surface area contributed by atoms with Gasteiger partial charge in [0.25, 0.3) is 11.5 Å². The third kappa shape index (κ3) is 4.84. The molecule has 0 aliphatic rings. The van der Waals surface area contributed by atoms with Crippen molar-refractivity contribution in [2.45, 2.75) is 12.5 Å². The maximum Gasteiger partial charge on any atom is 0.251 e. The van der Waals surface area contributed by atoms with Crippen LogP contribution in [-0.2, 0) is 11.2 Å². The second-order valence-corrected chi connectivity index (χ2v) is 7.16. The van der Waals surface area contributed by atoms with Gasteiger partial charge in [0.15, 0.2) is 11.8 Å².